The minimum Gasteiger partial charge on any atom is -0.423 e. The molecule has 170 valence electrons. The lowest BCUT2D eigenvalue weighted by atomic mass is 9.80. The molecule has 4 rings (SSSR count). The van der Waals surface area contributed by atoms with E-state index in [2.05, 4.69) is 17.2 Å². The van der Waals surface area contributed by atoms with Gasteiger partial charge in [0.1, 0.15) is 5.82 Å². The van der Waals surface area contributed by atoms with Crippen molar-refractivity contribution in [2.75, 3.05) is 24.3 Å². The molecule has 3 aromatic rings. The fourth-order valence-corrected chi connectivity index (χ4v) is 4.54. The number of nitrogens with one attached hydrogen (secondary N) is 1. The van der Waals surface area contributed by atoms with E-state index in [0.29, 0.717) is 29.2 Å². The summed E-state index contributed by atoms with van der Waals surface area (Å²) >= 11 is 0. The molecule has 1 aromatic heterocycles. The summed E-state index contributed by atoms with van der Waals surface area (Å²) in [6, 6.07) is 12.8. The maximum absolute atomic E-state index is 11.9. The molecule has 1 aliphatic carbocycles. The van der Waals surface area contributed by atoms with Crippen LogP contribution < -0.4 is 21.4 Å². The fraction of sp³-hybridized carbons (Fsp3) is 0.292. The van der Waals surface area contributed by atoms with Crippen LogP contribution in [0.15, 0.2) is 48.7 Å². The number of fused-ring (bicyclic) bond motifs is 1. The molecule has 2 aromatic carbocycles. The van der Waals surface area contributed by atoms with Crippen molar-refractivity contribution >= 4 is 30.0 Å². The van der Waals surface area contributed by atoms with Crippen molar-refractivity contribution in [2.45, 2.75) is 25.8 Å². The van der Waals surface area contributed by atoms with Crippen LogP contribution in [-0.2, 0) is 13.0 Å². The summed E-state index contributed by atoms with van der Waals surface area (Å²) in [5, 5.41) is 22.3. The molecule has 8 nitrogen and oxygen atoms in total. The number of nitrogens with zero attached hydrogens (tertiary/aromatic N) is 3. The van der Waals surface area contributed by atoms with Crippen LogP contribution in [0.25, 0.3) is 0 Å². The molecule has 0 aliphatic heterocycles. The largest absolute Gasteiger partial charge is 0.488 e. The van der Waals surface area contributed by atoms with Crippen LogP contribution in [-0.4, -0.2) is 47.1 Å². The first-order valence-corrected chi connectivity index (χ1v) is 10.9. The SMILES string of the molecule is CC1Cc2c(C(N)=O)cccc2C1c1ncc(N(C)C)c(NCc2cccc(B(O)O)c2)n1. The summed E-state index contributed by atoms with van der Waals surface area (Å²) in [6.07, 6.45) is 2.55. The smallest absolute Gasteiger partial charge is 0.423 e. The number of hydrogen-bond donors (Lipinski definition) is 4. The van der Waals surface area contributed by atoms with Crippen LogP contribution in [0.1, 0.15) is 45.7 Å². The fourth-order valence-electron chi connectivity index (χ4n) is 4.54. The normalized spacial score (nSPS) is 16.9. The monoisotopic (exact) mass is 445 g/mol. The molecule has 0 saturated carbocycles. The Morgan fingerprint density at radius 2 is 2.00 bits per heavy atom. The second-order valence-electron chi connectivity index (χ2n) is 8.73. The molecule has 0 saturated heterocycles. The zero-order valence-electron chi connectivity index (χ0n) is 19.0. The summed E-state index contributed by atoms with van der Waals surface area (Å²) in [5.41, 5.74) is 10.4. The van der Waals surface area contributed by atoms with E-state index in [-0.39, 0.29) is 11.8 Å². The Bertz CT molecular complexity index is 1180. The summed E-state index contributed by atoms with van der Waals surface area (Å²) < 4.78 is 0. The van der Waals surface area contributed by atoms with E-state index in [0.717, 1.165) is 28.8 Å². The third-order valence-corrected chi connectivity index (χ3v) is 6.17. The Balaban J connectivity index is 1.67. The maximum Gasteiger partial charge on any atom is 0.488 e. The molecule has 0 bridgehead atoms. The van der Waals surface area contributed by atoms with Crippen LogP contribution in [0.3, 0.4) is 0 Å². The Morgan fingerprint density at radius 1 is 1.24 bits per heavy atom. The predicted octanol–water partition coefficient (Wildman–Crippen LogP) is 1.26. The summed E-state index contributed by atoms with van der Waals surface area (Å²) in [7, 11) is 2.35. The Kier molecular flexibility index (Phi) is 6.35. The summed E-state index contributed by atoms with van der Waals surface area (Å²) in [6.45, 7) is 2.60. The van der Waals surface area contributed by atoms with Crippen LogP contribution in [0.4, 0.5) is 11.5 Å². The van der Waals surface area contributed by atoms with Gasteiger partial charge in [-0.1, -0.05) is 43.3 Å². The minimum absolute atomic E-state index is 0.0380. The lowest BCUT2D eigenvalue weighted by Gasteiger charge is -2.21. The van der Waals surface area contributed by atoms with Gasteiger partial charge in [0.15, 0.2) is 5.82 Å². The summed E-state index contributed by atoms with van der Waals surface area (Å²) in [5.74, 6) is 1.15. The van der Waals surface area contributed by atoms with Gasteiger partial charge >= 0.3 is 7.12 Å². The van der Waals surface area contributed by atoms with E-state index in [9.17, 15) is 14.8 Å². The van der Waals surface area contributed by atoms with Crippen molar-refractivity contribution in [1.82, 2.24) is 9.97 Å². The number of amides is 1. The Labute approximate surface area is 193 Å². The van der Waals surface area contributed by atoms with Crippen LogP contribution in [0.2, 0.25) is 0 Å². The lowest BCUT2D eigenvalue weighted by Crippen LogP contribution is -2.30. The van der Waals surface area contributed by atoms with Gasteiger partial charge in [0.05, 0.1) is 11.9 Å². The maximum atomic E-state index is 11.9. The van der Waals surface area contributed by atoms with Gasteiger partial charge in [0.2, 0.25) is 5.91 Å². The van der Waals surface area contributed by atoms with E-state index in [1.54, 1.807) is 30.5 Å². The zero-order chi connectivity index (χ0) is 23.7. The molecular weight excluding hydrogens is 417 g/mol. The van der Waals surface area contributed by atoms with Gasteiger partial charge in [-0.2, -0.15) is 0 Å². The van der Waals surface area contributed by atoms with Gasteiger partial charge in [0.25, 0.3) is 0 Å². The molecule has 2 atom stereocenters. The molecule has 0 radical (unpaired) electrons. The lowest BCUT2D eigenvalue weighted by molar-refractivity contribution is 0.0999. The molecule has 1 amide bonds. The Hall–Kier alpha value is -3.43. The first kappa shape index (κ1) is 22.8. The number of benzene rings is 2. The van der Waals surface area contributed by atoms with Crippen molar-refractivity contribution in [3.8, 4) is 0 Å². The van der Waals surface area contributed by atoms with E-state index < -0.39 is 13.0 Å². The molecule has 2 unspecified atom stereocenters. The second kappa shape index (κ2) is 9.21. The molecule has 0 spiro atoms. The van der Waals surface area contributed by atoms with E-state index in [1.165, 1.54) is 0 Å². The quantitative estimate of drug-likeness (QED) is 0.404. The van der Waals surface area contributed by atoms with Crippen molar-refractivity contribution in [2.24, 2.45) is 11.7 Å². The van der Waals surface area contributed by atoms with Crippen LogP contribution >= 0.6 is 0 Å². The van der Waals surface area contributed by atoms with Crippen LogP contribution in [0.5, 0.6) is 0 Å². The molecular formula is C24H28BN5O3. The third-order valence-electron chi connectivity index (χ3n) is 6.17. The number of nitrogens with two attached hydrogens (primary N) is 1. The molecule has 33 heavy (non-hydrogen) atoms. The standard InChI is InChI=1S/C24H28BN5O3/c1-14-10-19-17(8-5-9-18(19)22(26)31)21(14)24-28-13-20(30(2)3)23(29-24)27-12-15-6-4-7-16(11-15)25(32)33/h4-9,11,13-14,21,32-33H,10,12H2,1-3H3,(H2,26,31)(H,27,28,29). The first-order chi connectivity index (χ1) is 15.8. The number of rotatable bonds is 7. The molecule has 0 fully saturated rings. The third kappa shape index (κ3) is 4.55. The van der Waals surface area contributed by atoms with Gasteiger partial charge in [-0.05, 0) is 40.6 Å². The highest BCUT2D eigenvalue weighted by Crippen LogP contribution is 2.43. The van der Waals surface area contributed by atoms with Crippen molar-refractivity contribution in [1.29, 1.82) is 0 Å². The number of carbonyl (C=O) groups excluding carboxylic acids is 1. The van der Waals surface area contributed by atoms with Gasteiger partial charge in [-0.15, -0.1) is 0 Å². The van der Waals surface area contributed by atoms with E-state index >= 15 is 0 Å². The van der Waals surface area contributed by atoms with Crippen molar-refractivity contribution < 1.29 is 14.8 Å². The second-order valence-corrected chi connectivity index (χ2v) is 8.73. The molecule has 5 N–H and O–H groups in total. The average Bonchev–Trinajstić information content (AvgIpc) is 3.13. The predicted molar refractivity (Wildman–Crippen MR) is 130 cm³/mol. The van der Waals surface area contributed by atoms with Crippen LogP contribution in [0, 0.1) is 5.92 Å². The number of carbonyl (C=O) groups is 1. The number of primary amides is 1. The topological polar surface area (TPSA) is 125 Å². The zero-order valence-corrected chi connectivity index (χ0v) is 19.0. The number of aromatic nitrogens is 2. The minimum atomic E-state index is -1.51. The van der Waals surface area contributed by atoms with Gasteiger partial charge in [-0.3, -0.25) is 4.79 Å². The van der Waals surface area contributed by atoms with Crippen molar-refractivity contribution in [3.63, 3.8) is 0 Å². The van der Waals surface area contributed by atoms with Gasteiger partial charge in [-0.25, -0.2) is 9.97 Å². The van der Waals surface area contributed by atoms with E-state index in [4.69, 9.17) is 10.7 Å². The average molecular weight is 445 g/mol. The first-order valence-electron chi connectivity index (χ1n) is 10.9. The molecule has 1 heterocycles. The Morgan fingerprint density at radius 3 is 2.70 bits per heavy atom. The summed E-state index contributed by atoms with van der Waals surface area (Å²) in [4.78, 5) is 23.4. The highest BCUT2D eigenvalue weighted by atomic mass is 16.4. The number of hydrogen-bond acceptors (Lipinski definition) is 7. The number of anilines is 2. The molecule has 9 heteroatoms. The van der Waals surface area contributed by atoms with Crippen molar-refractivity contribution in [3.05, 3.63) is 76.7 Å². The van der Waals surface area contributed by atoms with Gasteiger partial charge in [0, 0.05) is 32.1 Å². The van der Waals surface area contributed by atoms with Gasteiger partial charge < -0.3 is 26.0 Å². The highest BCUT2D eigenvalue weighted by molar-refractivity contribution is 6.58. The highest BCUT2D eigenvalue weighted by Gasteiger charge is 2.35. The van der Waals surface area contributed by atoms with E-state index in [1.807, 2.05) is 37.2 Å². The molecule has 1 aliphatic rings.